The average molecular weight is 463 g/mol. The van der Waals surface area contributed by atoms with Crippen molar-refractivity contribution in [2.24, 2.45) is 5.92 Å². The molecule has 0 aliphatic heterocycles. The minimum Gasteiger partial charge on any atom is -0.493 e. The number of rotatable bonds is 10. The van der Waals surface area contributed by atoms with Crippen LogP contribution in [0.4, 0.5) is 5.13 Å². The molecule has 9 nitrogen and oxygen atoms in total. The first-order valence-electron chi connectivity index (χ1n) is 9.83. The van der Waals surface area contributed by atoms with Crippen LogP contribution in [0.25, 0.3) is 0 Å². The zero-order chi connectivity index (χ0) is 22.4. The zero-order valence-corrected chi connectivity index (χ0v) is 19.8. The number of hydrogen-bond donors (Lipinski definition) is 1. The fraction of sp³-hybridized carbons (Fsp3) is 0.450. The summed E-state index contributed by atoms with van der Waals surface area (Å²) in [7, 11) is 1.61. The Kier molecular flexibility index (Phi) is 7.85. The molecule has 3 rings (SSSR count). The summed E-state index contributed by atoms with van der Waals surface area (Å²) in [5, 5.41) is 21.2. The van der Waals surface area contributed by atoms with E-state index in [0.29, 0.717) is 40.1 Å². The first-order valence-corrected chi connectivity index (χ1v) is 11.6. The molecule has 1 N–H and O–H groups in total. The molecular weight excluding hydrogens is 436 g/mol. The van der Waals surface area contributed by atoms with Crippen molar-refractivity contribution in [3.63, 3.8) is 0 Å². The highest BCUT2D eigenvalue weighted by Crippen LogP contribution is 2.31. The summed E-state index contributed by atoms with van der Waals surface area (Å²) in [6, 6.07) is 7.48. The second-order valence-corrected chi connectivity index (χ2v) is 9.34. The molecule has 1 aromatic carbocycles. The smallest absolute Gasteiger partial charge is 0.236 e. The lowest BCUT2D eigenvalue weighted by molar-refractivity contribution is -0.113. The maximum Gasteiger partial charge on any atom is 0.236 e. The highest BCUT2D eigenvalue weighted by Gasteiger charge is 2.22. The number of hydrogen-bond acceptors (Lipinski definition) is 9. The molecule has 2 heterocycles. The van der Waals surface area contributed by atoms with Crippen LogP contribution in [0.2, 0.25) is 0 Å². The van der Waals surface area contributed by atoms with Gasteiger partial charge in [0.25, 0.3) is 0 Å². The van der Waals surface area contributed by atoms with Gasteiger partial charge in [-0.1, -0.05) is 49.1 Å². The van der Waals surface area contributed by atoms with Crippen LogP contribution in [0.1, 0.15) is 37.7 Å². The Bertz CT molecular complexity index is 1020. The van der Waals surface area contributed by atoms with Crippen LogP contribution in [-0.4, -0.2) is 43.7 Å². The molecule has 11 heteroatoms. The zero-order valence-electron chi connectivity index (χ0n) is 18.2. The molecule has 0 aliphatic carbocycles. The van der Waals surface area contributed by atoms with Gasteiger partial charge in [0.2, 0.25) is 11.0 Å². The van der Waals surface area contributed by atoms with Crippen molar-refractivity contribution in [2.75, 3.05) is 18.2 Å². The minimum absolute atomic E-state index is 0.167. The van der Waals surface area contributed by atoms with Crippen molar-refractivity contribution in [1.82, 2.24) is 25.0 Å². The van der Waals surface area contributed by atoms with Crippen molar-refractivity contribution in [2.45, 2.75) is 45.5 Å². The monoisotopic (exact) mass is 462 g/mol. The van der Waals surface area contributed by atoms with Gasteiger partial charge in [-0.05, 0) is 31.9 Å². The molecule has 2 aromatic heterocycles. The fourth-order valence-electron chi connectivity index (χ4n) is 2.84. The van der Waals surface area contributed by atoms with Crippen molar-refractivity contribution in [1.29, 1.82) is 0 Å². The third kappa shape index (κ3) is 6.17. The van der Waals surface area contributed by atoms with Gasteiger partial charge in [-0.2, -0.15) is 0 Å². The van der Waals surface area contributed by atoms with E-state index in [1.54, 1.807) is 7.11 Å². The van der Waals surface area contributed by atoms with Gasteiger partial charge in [0.05, 0.1) is 12.9 Å². The van der Waals surface area contributed by atoms with E-state index in [1.165, 1.54) is 23.1 Å². The maximum atomic E-state index is 12.3. The summed E-state index contributed by atoms with van der Waals surface area (Å²) in [5.74, 6) is 2.38. The van der Waals surface area contributed by atoms with Gasteiger partial charge in [0.15, 0.2) is 28.6 Å². The average Bonchev–Trinajstić information content (AvgIpc) is 3.32. The van der Waals surface area contributed by atoms with Gasteiger partial charge in [-0.25, -0.2) is 0 Å². The fourth-order valence-corrected chi connectivity index (χ4v) is 4.20. The third-order valence-corrected chi connectivity index (χ3v) is 5.86. The number of aryl methyl sites for hydroxylation is 1. The molecule has 0 bridgehead atoms. The van der Waals surface area contributed by atoms with Crippen molar-refractivity contribution < 1.29 is 14.3 Å². The lowest BCUT2D eigenvalue weighted by Crippen LogP contribution is -2.17. The summed E-state index contributed by atoms with van der Waals surface area (Å²) in [6.07, 6.45) is -0.352. The number of aromatic nitrogens is 5. The van der Waals surface area contributed by atoms with Gasteiger partial charge in [-0.15, -0.1) is 20.4 Å². The highest BCUT2D eigenvalue weighted by atomic mass is 32.2. The normalized spacial score (nSPS) is 12.1. The molecule has 0 fully saturated rings. The number of nitrogens with zero attached hydrogens (tertiary/aromatic N) is 5. The van der Waals surface area contributed by atoms with E-state index in [-0.39, 0.29) is 17.8 Å². The number of benzene rings is 1. The van der Waals surface area contributed by atoms with Crippen LogP contribution in [0.5, 0.6) is 11.5 Å². The lowest BCUT2D eigenvalue weighted by Gasteiger charge is -2.19. The number of ether oxygens (including phenoxy) is 2. The maximum absolute atomic E-state index is 12.3. The van der Waals surface area contributed by atoms with Crippen LogP contribution in [0.15, 0.2) is 29.4 Å². The number of carbonyl (C=O) groups excluding carboxylic acids is 1. The summed E-state index contributed by atoms with van der Waals surface area (Å²) in [6.45, 7) is 8.71. The number of anilines is 1. The molecule has 0 aliphatic rings. The summed E-state index contributed by atoms with van der Waals surface area (Å²) in [5.41, 5.74) is 0. The minimum atomic E-state index is -0.352. The van der Waals surface area contributed by atoms with Crippen molar-refractivity contribution in [3.05, 3.63) is 35.1 Å². The van der Waals surface area contributed by atoms with E-state index in [9.17, 15) is 4.79 Å². The van der Waals surface area contributed by atoms with Crippen LogP contribution < -0.4 is 14.8 Å². The van der Waals surface area contributed by atoms with E-state index in [4.69, 9.17) is 9.47 Å². The predicted molar refractivity (Wildman–Crippen MR) is 121 cm³/mol. The van der Waals surface area contributed by atoms with E-state index < -0.39 is 0 Å². The van der Waals surface area contributed by atoms with E-state index in [2.05, 4.69) is 39.6 Å². The molecule has 1 amide bonds. The van der Waals surface area contributed by atoms with E-state index >= 15 is 0 Å². The number of methoxy groups -OCH3 is 1. The van der Waals surface area contributed by atoms with Crippen LogP contribution in [-0.2, 0) is 11.3 Å². The molecule has 0 saturated heterocycles. The van der Waals surface area contributed by atoms with Crippen LogP contribution in [0.3, 0.4) is 0 Å². The topological polar surface area (TPSA) is 104 Å². The van der Waals surface area contributed by atoms with Gasteiger partial charge in [-0.3, -0.25) is 10.1 Å². The summed E-state index contributed by atoms with van der Waals surface area (Å²) in [4.78, 5) is 12.3. The lowest BCUT2D eigenvalue weighted by atomic mass is 10.2. The molecule has 166 valence electrons. The first kappa shape index (κ1) is 23.0. The first-order chi connectivity index (χ1) is 14.9. The van der Waals surface area contributed by atoms with Gasteiger partial charge >= 0.3 is 0 Å². The SMILES string of the molecule is COc1ccccc1OC(C)c1nnc(SCC(=O)Nc2nnc(C)s2)n1CC(C)C. The van der Waals surface area contributed by atoms with Gasteiger partial charge in [0, 0.05) is 6.54 Å². The highest BCUT2D eigenvalue weighted by molar-refractivity contribution is 7.99. The van der Waals surface area contributed by atoms with Gasteiger partial charge < -0.3 is 14.0 Å². The standard InChI is InChI=1S/C20H26N6O3S2/c1-12(2)10-26-18(13(3)29-16-9-7-6-8-15(16)28-5)23-25-20(26)30-11-17(27)21-19-24-22-14(4)31-19/h6-9,12-13H,10-11H2,1-5H3,(H,21,24,27). The molecule has 0 spiro atoms. The Balaban J connectivity index is 1.72. The molecule has 0 saturated carbocycles. The second kappa shape index (κ2) is 10.6. The quantitative estimate of drug-likeness (QED) is 0.451. The molecule has 1 unspecified atom stereocenters. The summed E-state index contributed by atoms with van der Waals surface area (Å²) < 4.78 is 13.5. The number of amides is 1. The van der Waals surface area contributed by atoms with Crippen molar-refractivity contribution >= 4 is 34.1 Å². The van der Waals surface area contributed by atoms with Crippen LogP contribution >= 0.6 is 23.1 Å². The van der Waals surface area contributed by atoms with Crippen LogP contribution in [0, 0.1) is 12.8 Å². The Hall–Kier alpha value is -2.66. The van der Waals surface area contributed by atoms with Gasteiger partial charge in [0.1, 0.15) is 5.01 Å². The molecule has 3 aromatic rings. The Morgan fingerprint density at radius 1 is 1.16 bits per heavy atom. The third-order valence-electron chi connectivity index (χ3n) is 4.13. The number of para-hydroxylation sites is 2. The largest absolute Gasteiger partial charge is 0.493 e. The predicted octanol–water partition coefficient (Wildman–Crippen LogP) is 3.97. The molecule has 0 radical (unpaired) electrons. The van der Waals surface area contributed by atoms with E-state index in [1.807, 2.05) is 42.7 Å². The van der Waals surface area contributed by atoms with E-state index in [0.717, 1.165) is 5.01 Å². The number of carbonyl (C=O) groups is 1. The van der Waals surface area contributed by atoms with Crippen molar-refractivity contribution in [3.8, 4) is 11.5 Å². The molecular formula is C20H26N6O3S2. The molecule has 1 atom stereocenters. The second-order valence-electron chi connectivity index (χ2n) is 7.22. The Labute approximate surface area is 189 Å². The molecule has 31 heavy (non-hydrogen) atoms. The number of nitrogens with one attached hydrogen (secondary N) is 1. The Morgan fingerprint density at radius 2 is 1.90 bits per heavy atom. The Morgan fingerprint density at radius 3 is 2.55 bits per heavy atom. The number of thioether (sulfide) groups is 1. The summed E-state index contributed by atoms with van der Waals surface area (Å²) >= 11 is 2.67.